The molecule has 0 radical (unpaired) electrons. The van der Waals surface area contributed by atoms with Gasteiger partial charge in [-0.25, -0.2) is 0 Å². The van der Waals surface area contributed by atoms with Crippen molar-refractivity contribution in [3.05, 3.63) is 58.6 Å². The third-order valence-corrected chi connectivity index (χ3v) is 5.91. The van der Waals surface area contributed by atoms with E-state index in [4.69, 9.17) is 4.74 Å². The van der Waals surface area contributed by atoms with E-state index in [9.17, 15) is 8.42 Å². The van der Waals surface area contributed by atoms with E-state index in [1.54, 1.807) is 18.2 Å². The summed E-state index contributed by atoms with van der Waals surface area (Å²) in [6, 6.07) is 14.4. The fourth-order valence-corrected chi connectivity index (χ4v) is 4.70. The zero-order valence-electron chi connectivity index (χ0n) is 12.5. The van der Waals surface area contributed by atoms with Crippen molar-refractivity contribution < 1.29 is 17.1 Å². The van der Waals surface area contributed by atoms with E-state index in [-0.39, 0.29) is 4.90 Å². The largest absolute Gasteiger partial charge is 0.495 e. The van der Waals surface area contributed by atoms with Gasteiger partial charge in [0.05, 0.1) is 12.7 Å². The third-order valence-electron chi connectivity index (χ3n) is 3.60. The highest BCUT2D eigenvalue weighted by Crippen LogP contribution is 2.29. The lowest BCUT2D eigenvalue weighted by molar-refractivity contribution is -0.352. The molecular formula is C16H16BrN2O3S+. The zero-order valence-corrected chi connectivity index (χ0v) is 14.9. The molecule has 0 unspecified atom stereocenters. The van der Waals surface area contributed by atoms with Crippen molar-refractivity contribution in [2.24, 2.45) is 0 Å². The summed E-state index contributed by atoms with van der Waals surface area (Å²) in [5.74, 6) is 0.917. The smallest absolute Gasteiger partial charge is 0.335 e. The summed E-state index contributed by atoms with van der Waals surface area (Å²) < 4.78 is 33.5. The Morgan fingerprint density at radius 3 is 2.61 bits per heavy atom. The number of amidine groups is 1. The summed E-state index contributed by atoms with van der Waals surface area (Å²) in [4.78, 5) is 0.145. The highest BCUT2D eigenvalue weighted by molar-refractivity contribution is 9.10. The SMILES string of the molecule is COc1ccc(Br)cc1S(=O)(=O)[N+]1=C(c2ccccc2)NCC1. The van der Waals surface area contributed by atoms with Crippen molar-refractivity contribution in [2.75, 3.05) is 20.2 Å². The topological polar surface area (TPSA) is 58.4 Å². The average molecular weight is 396 g/mol. The number of methoxy groups -OCH3 is 1. The summed E-state index contributed by atoms with van der Waals surface area (Å²) in [6.45, 7) is 0.946. The Bertz CT molecular complexity index is 864. The van der Waals surface area contributed by atoms with Gasteiger partial charge in [0.2, 0.25) is 0 Å². The minimum absolute atomic E-state index is 0.145. The highest BCUT2D eigenvalue weighted by atomic mass is 79.9. The van der Waals surface area contributed by atoms with Gasteiger partial charge in [-0.05, 0) is 30.3 Å². The number of hydrogen-bond acceptors (Lipinski definition) is 4. The predicted molar refractivity (Wildman–Crippen MR) is 91.6 cm³/mol. The first kappa shape index (κ1) is 16.0. The quantitative estimate of drug-likeness (QED) is 0.806. The first-order valence-corrected chi connectivity index (χ1v) is 9.30. The summed E-state index contributed by atoms with van der Waals surface area (Å²) >= 11 is 3.33. The van der Waals surface area contributed by atoms with Crippen LogP contribution in [0.1, 0.15) is 5.56 Å². The van der Waals surface area contributed by atoms with Crippen LogP contribution in [0.5, 0.6) is 5.75 Å². The van der Waals surface area contributed by atoms with E-state index >= 15 is 0 Å². The number of halogens is 1. The lowest BCUT2D eigenvalue weighted by Gasteiger charge is -2.10. The van der Waals surface area contributed by atoms with Gasteiger partial charge in [-0.2, -0.15) is 8.42 Å². The number of nitrogens with zero attached hydrogens (tertiary/aromatic N) is 1. The second-order valence-corrected chi connectivity index (χ2v) is 7.76. The van der Waals surface area contributed by atoms with Crippen LogP contribution < -0.4 is 10.1 Å². The number of rotatable bonds is 4. The summed E-state index contributed by atoms with van der Waals surface area (Å²) in [6.07, 6.45) is 0. The van der Waals surface area contributed by atoms with E-state index in [0.717, 1.165) is 5.56 Å². The molecule has 1 aliphatic heterocycles. The van der Waals surface area contributed by atoms with E-state index in [2.05, 4.69) is 21.2 Å². The van der Waals surface area contributed by atoms with Crippen LogP contribution in [0, 0.1) is 0 Å². The highest BCUT2D eigenvalue weighted by Gasteiger charge is 2.35. The molecule has 0 atom stereocenters. The molecule has 0 saturated heterocycles. The molecule has 0 saturated carbocycles. The molecule has 23 heavy (non-hydrogen) atoms. The van der Waals surface area contributed by atoms with Gasteiger partial charge in [0.1, 0.15) is 18.8 Å². The predicted octanol–water partition coefficient (Wildman–Crippen LogP) is 2.21. The van der Waals surface area contributed by atoms with Gasteiger partial charge in [-0.3, -0.25) is 5.32 Å². The van der Waals surface area contributed by atoms with Crippen molar-refractivity contribution in [3.8, 4) is 5.75 Å². The Morgan fingerprint density at radius 1 is 1.17 bits per heavy atom. The number of nitrogens with one attached hydrogen (secondary N) is 1. The number of benzene rings is 2. The average Bonchev–Trinajstić information content (AvgIpc) is 3.06. The minimum Gasteiger partial charge on any atom is -0.495 e. The molecular weight excluding hydrogens is 380 g/mol. The van der Waals surface area contributed by atoms with Crippen LogP contribution in [-0.2, 0) is 10.0 Å². The molecule has 0 aromatic heterocycles. The second-order valence-electron chi connectivity index (χ2n) is 5.01. The maximum Gasteiger partial charge on any atom is 0.335 e. The number of sulfonamides is 1. The second kappa shape index (κ2) is 6.33. The maximum atomic E-state index is 13.1. The Hall–Kier alpha value is -1.86. The van der Waals surface area contributed by atoms with Crippen LogP contribution in [-0.4, -0.2) is 38.4 Å². The van der Waals surface area contributed by atoms with E-state index < -0.39 is 10.0 Å². The molecule has 120 valence electrons. The van der Waals surface area contributed by atoms with Gasteiger partial charge >= 0.3 is 10.0 Å². The molecule has 7 heteroatoms. The molecule has 1 aliphatic rings. The molecule has 0 amide bonds. The molecule has 2 aromatic rings. The van der Waals surface area contributed by atoms with Gasteiger partial charge in [0, 0.05) is 4.47 Å². The summed E-state index contributed by atoms with van der Waals surface area (Å²) in [7, 11) is -2.26. The molecule has 3 rings (SSSR count). The maximum absolute atomic E-state index is 13.1. The van der Waals surface area contributed by atoms with Crippen molar-refractivity contribution >= 4 is 31.8 Å². The standard InChI is InChI=1S/C16H15BrN2O3S/c1-22-14-8-7-13(17)11-15(14)23(20,21)19-10-9-18-16(19)12-5-3-2-4-6-12/h2-8,11H,9-10H2,1H3/p+1. The Kier molecular flexibility index (Phi) is 4.41. The molecule has 0 spiro atoms. The molecule has 1 N–H and O–H groups in total. The molecule has 2 aromatic carbocycles. The monoisotopic (exact) mass is 395 g/mol. The minimum atomic E-state index is -3.72. The van der Waals surface area contributed by atoms with Gasteiger partial charge < -0.3 is 4.74 Å². The lowest BCUT2D eigenvalue weighted by atomic mass is 10.2. The van der Waals surface area contributed by atoms with Crippen molar-refractivity contribution in [1.82, 2.24) is 5.32 Å². The summed E-state index contributed by atoms with van der Waals surface area (Å²) in [5.41, 5.74) is 0.836. The Balaban J connectivity index is 2.18. The number of hydrogen-bond donors (Lipinski definition) is 1. The Labute approximate surface area is 143 Å². The van der Waals surface area contributed by atoms with Crippen molar-refractivity contribution in [1.29, 1.82) is 0 Å². The van der Waals surface area contributed by atoms with Crippen LogP contribution >= 0.6 is 15.9 Å². The first-order valence-electron chi connectivity index (χ1n) is 7.06. The molecule has 1 heterocycles. The van der Waals surface area contributed by atoms with Crippen LogP contribution in [0.25, 0.3) is 0 Å². The lowest BCUT2D eigenvalue weighted by Crippen LogP contribution is -2.28. The van der Waals surface area contributed by atoms with Crippen molar-refractivity contribution in [3.63, 3.8) is 0 Å². The molecule has 0 bridgehead atoms. The van der Waals surface area contributed by atoms with Gasteiger partial charge in [0.15, 0.2) is 4.90 Å². The van der Waals surface area contributed by atoms with Crippen LogP contribution in [0.3, 0.4) is 0 Å². The van der Waals surface area contributed by atoms with E-state index in [0.29, 0.717) is 29.1 Å². The van der Waals surface area contributed by atoms with Crippen LogP contribution in [0.15, 0.2) is 57.9 Å². The summed E-state index contributed by atoms with van der Waals surface area (Å²) in [5, 5.41) is 3.16. The van der Waals surface area contributed by atoms with Gasteiger partial charge in [-0.15, -0.1) is 3.98 Å². The zero-order chi connectivity index (χ0) is 16.4. The number of ether oxygens (including phenoxy) is 1. The Morgan fingerprint density at radius 2 is 1.91 bits per heavy atom. The van der Waals surface area contributed by atoms with E-state index in [1.807, 2.05) is 30.3 Å². The normalized spacial score (nSPS) is 14.7. The molecule has 0 fully saturated rings. The fraction of sp³-hybridized carbons (Fsp3) is 0.188. The molecule has 0 aliphatic carbocycles. The van der Waals surface area contributed by atoms with Crippen LogP contribution in [0.4, 0.5) is 0 Å². The third kappa shape index (κ3) is 2.98. The van der Waals surface area contributed by atoms with E-state index in [1.165, 1.54) is 11.1 Å². The van der Waals surface area contributed by atoms with Gasteiger partial charge in [-0.1, -0.05) is 34.1 Å². The van der Waals surface area contributed by atoms with Crippen molar-refractivity contribution in [2.45, 2.75) is 4.90 Å². The molecule has 5 nitrogen and oxygen atoms in total. The van der Waals surface area contributed by atoms with Gasteiger partial charge in [0.25, 0.3) is 5.84 Å². The fourth-order valence-electron chi connectivity index (χ4n) is 2.53. The first-order chi connectivity index (χ1) is 11.0. The van der Waals surface area contributed by atoms with Crippen LogP contribution in [0.2, 0.25) is 0 Å².